The van der Waals surface area contributed by atoms with E-state index in [1.54, 1.807) is 11.3 Å². The molecule has 2 unspecified atom stereocenters. The molecule has 2 atom stereocenters. The van der Waals surface area contributed by atoms with Gasteiger partial charge in [0.25, 0.3) is 0 Å². The second-order valence-corrected chi connectivity index (χ2v) is 9.66. The molecule has 25 heavy (non-hydrogen) atoms. The van der Waals surface area contributed by atoms with Crippen LogP contribution in [0.1, 0.15) is 55.0 Å². The third kappa shape index (κ3) is 2.81. The first-order valence-corrected chi connectivity index (χ1v) is 10.8. The van der Waals surface area contributed by atoms with Gasteiger partial charge in [-0.1, -0.05) is 37.5 Å². The molecule has 1 aromatic heterocycles. The molecule has 0 N–H and O–H groups in total. The molecule has 2 aromatic rings. The zero-order valence-electron chi connectivity index (χ0n) is 14.0. The van der Waals surface area contributed by atoms with Gasteiger partial charge in [0, 0.05) is 17.9 Å². The number of rotatable bonds is 2. The summed E-state index contributed by atoms with van der Waals surface area (Å²) in [5, 5.41) is 7.34. The van der Waals surface area contributed by atoms with Gasteiger partial charge >= 0.3 is 0 Å². The Bertz CT molecular complexity index is 812. The summed E-state index contributed by atoms with van der Waals surface area (Å²) in [7, 11) is 0. The highest BCUT2D eigenvalue weighted by Crippen LogP contribution is 2.46. The maximum atomic E-state index is 6.49. The van der Waals surface area contributed by atoms with Crippen LogP contribution in [0.2, 0.25) is 0 Å². The molecule has 3 aliphatic rings. The van der Waals surface area contributed by atoms with Gasteiger partial charge in [-0.05, 0) is 47.0 Å². The summed E-state index contributed by atoms with van der Waals surface area (Å²) in [5.41, 5.74) is 2.48. The first-order valence-electron chi connectivity index (χ1n) is 9.17. The monoisotopic (exact) mass is 416 g/mol. The number of ether oxygens (including phenoxy) is 1. The average molecular weight is 417 g/mol. The van der Waals surface area contributed by atoms with Crippen LogP contribution in [-0.2, 0) is 0 Å². The minimum Gasteiger partial charge on any atom is -0.468 e. The minimum absolute atomic E-state index is 0.0844. The first kappa shape index (κ1) is 15.9. The summed E-state index contributed by atoms with van der Waals surface area (Å²) < 4.78 is 7.65. The zero-order chi connectivity index (χ0) is 16.8. The highest BCUT2D eigenvalue weighted by molar-refractivity contribution is 9.11. The summed E-state index contributed by atoms with van der Waals surface area (Å²) in [6, 6.07) is 13.1. The fourth-order valence-corrected chi connectivity index (χ4v) is 5.79. The lowest BCUT2D eigenvalue weighted by atomic mass is 9.86. The molecule has 2 aliphatic heterocycles. The SMILES string of the molecule is Brc1ccc(C2=NN3C(C2)c2ccccc2OC3C2CCCCC2)s1. The largest absolute Gasteiger partial charge is 0.468 e. The molecule has 0 amide bonds. The van der Waals surface area contributed by atoms with Crippen LogP contribution in [0.15, 0.2) is 45.3 Å². The van der Waals surface area contributed by atoms with Crippen molar-refractivity contribution in [2.24, 2.45) is 11.0 Å². The van der Waals surface area contributed by atoms with Crippen LogP contribution in [0.5, 0.6) is 5.75 Å². The van der Waals surface area contributed by atoms with E-state index in [2.05, 4.69) is 57.3 Å². The van der Waals surface area contributed by atoms with Crippen molar-refractivity contribution in [3.8, 4) is 5.75 Å². The van der Waals surface area contributed by atoms with Gasteiger partial charge in [0.2, 0.25) is 0 Å². The van der Waals surface area contributed by atoms with Crippen LogP contribution in [-0.4, -0.2) is 16.9 Å². The van der Waals surface area contributed by atoms with Crippen molar-refractivity contribution in [3.05, 3.63) is 50.6 Å². The third-order valence-corrected chi connectivity index (χ3v) is 7.31. The molecule has 1 fully saturated rings. The molecular weight excluding hydrogens is 396 g/mol. The van der Waals surface area contributed by atoms with E-state index >= 15 is 0 Å². The number of hydrogen-bond acceptors (Lipinski definition) is 4. The predicted molar refractivity (Wildman–Crippen MR) is 105 cm³/mol. The molecule has 1 aromatic carbocycles. The van der Waals surface area contributed by atoms with E-state index < -0.39 is 0 Å². The lowest BCUT2D eigenvalue weighted by molar-refractivity contribution is -0.0643. The van der Waals surface area contributed by atoms with Crippen LogP contribution >= 0.6 is 27.3 Å². The molecule has 1 saturated carbocycles. The van der Waals surface area contributed by atoms with Crippen molar-refractivity contribution >= 4 is 33.0 Å². The zero-order valence-corrected chi connectivity index (χ0v) is 16.4. The molecule has 5 heteroatoms. The average Bonchev–Trinajstić information content (AvgIpc) is 3.28. The second-order valence-electron chi connectivity index (χ2n) is 7.19. The van der Waals surface area contributed by atoms with E-state index in [9.17, 15) is 0 Å². The van der Waals surface area contributed by atoms with Crippen molar-refractivity contribution in [3.63, 3.8) is 0 Å². The smallest absolute Gasteiger partial charge is 0.190 e. The molecule has 130 valence electrons. The predicted octanol–water partition coefficient (Wildman–Crippen LogP) is 5.96. The fourth-order valence-electron chi connectivity index (χ4n) is 4.41. The Morgan fingerprint density at radius 1 is 1.08 bits per heavy atom. The van der Waals surface area contributed by atoms with Crippen LogP contribution < -0.4 is 4.74 Å². The summed E-state index contributed by atoms with van der Waals surface area (Å²) in [6.07, 6.45) is 7.56. The van der Waals surface area contributed by atoms with Gasteiger partial charge in [-0.3, -0.25) is 0 Å². The van der Waals surface area contributed by atoms with Gasteiger partial charge in [0.05, 0.1) is 20.4 Å². The number of halogens is 1. The topological polar surface area (TPSA) is 24.8 Å². The van der Waals surface area contributed by atoms with Crippen molar-refractivity contribution < 1.29 is 4.74 Å². The van der Waals surface area contributed by atoms with E-state index in [1.807, 2.05) is 0 Å². The van der Waals surface area contributed by atoms with Gasteiger partial charge in [-0.15, -0.1) is 11.3 Å². The molecule has 5 rings (SSSR count). The summed E-state index contributed by atoms with van der Waals surface area (Å²) in [4.78, 5) is 1.26. The number of para-hydroxylation sites is 1. The quantitative estimate of drug-likeness (QED) is 0.602. The molecule has 0 bridgehead atoms. The molecule has 3 nitrogen and oxygen atoms in total. The van der Waals surface area contributed by atoms with Crippen LogP contribution in [0.4, 0.5) is 0 Å². The maximum absolute atomic E-state index is 6.49. The number of thiophene rings is 1. The first-order chi connectivity index (χ1) is 12.3. The van der Waals surface area contributed by atoms with E-state index in [4.69, 9.17) is 9.84 Å². The maximum Gasteiger partial charge on any atom is 0.190 e. The van der Waals surface area contributed by atoms with Crippen LogP contribution in [0.3, 0.4) is 0 Å². The highest BCUT2D eigenvalue weighted by atomic mass is 79.9. The normalized spacial score (nSPS) is 26.0. The lowest BCUT2D eigenvalue weighted by Gasteiger charge is -2.42. The van der Waals surface area contributed by atoms with E-state index in [0.717, 1.165) is 16.0 Å². The number of hydrazone groups is 1. The Kier molecular flexibility index (Phi) is 4.09. The summed E-state index contributed by atoms with van der Waals surface area (Å²) in [6.45, 7) is 0. The van der Waals surface area contributed by atoms with Crippen molar-refractivity contribution in [2.45, 2.75) is 50.8 Å². The molecule has 0 saturated heterocycles. The highest BCUT2D eigenvalue weighted by Gasteiger charge is 2.43. The molecule has 3 heterocycles. The molecule has 1 aliphatic carbocycles. The van der Waals surface area contributed by atoms with Gasteiger partial charge in [-0.25, -0.2) is 5.01 Å². The van der Waals surface area contributed by atoms with E-state index in [0.29, 0.717) is 12.0 Å². The van der Waals surface area contributed by atoms with Gasteiger partial charge in [0.1, 0.15) is 5.75 Å². The third-order valence-electron chi connectivity index (χ3n) is 5.64. The number of hydrogen-bond donors (Lipinski definition) is 0. The van der Waals surface area contributed by atoms with E-state index in [-0.39, 0.29) is 6.23 Å². The Morgan fingerprint density at radius 2 is 1.92 bits per heavy atom. The van der Waals surface area contributed by atoms with Gasteiger partial charge in [-0.2, -0.15) is 5.10 Å². The van der Waals surface area contributed by atoms with Gasteiger partial charge in [0.15, 0.2) is 6.23 Å². The van der Waals surface area contributed by atoms with Crippen molar-refractivity contribution in [1.29, 1.82) is 0 Å². The number of nitrogens with zero attached hydrogens (tertiary/aromatic N) is 2. The van der Waals surface area contributed by atoms with Crippen LogP contribution in [0.25, 0.3) is 0 Å². The van der Waals surface area contributed by atoms with E-state index in [1.165, 1.54) is 48.3 Å². The Balaban J connectivity index is 1.53. The minimum atomic E-state index is 0.0844. The standard InChI is InChI=1S/C20H21BrN2OS/c21-19-11-10-18(25-19)15-12-16-14-8-4-5-9-17(14)24-20(23(16)22-15)13-6-2-1-3-7-13/h4-5,8-11,13,16,20H,1-3,6-7,12H2. The number of benzene rings is 1. The molecular formula is C20H21BrN2OS. The second kappa shape index (κ2) is 6.44. The summed E-state index contributed by atoms with van der Waals surface area (Å²) >= 11 is 5.35. The lowest BCUT2D eigenvalue weighted by Crippen LogP contribution is -2.45. The Labute approximate surface area is 160 Å². The molecule has 0 spiro atoms. The Morgan fingerprint density at radius 3 is 2.72 bits per heavy atom. The van der Waals surface area contributed by atoms with Gasteiger partial charge < -0.3 is 4.74 Å². The number of fused-ring (bicyclic) bond motifs is 3. The Hall–Kier alpha value is -1.33. The van der Waals surface area contributed by atoms with Crippen LogP contribution in [0, 0.1) is 5.92 Å². The fraction of sp³-hybridized carbons (Fsp3) is 0.450. The molecule has 0 radical (unpaired) electrons. The summed E-state index contributed by atoms with van der Waals surface area (Å²) in [5.74, 6) is 1.64. The van der Waals surface area contributed by atoms with Crippen molar-refractivity contribution in [2.75, 3.05) is 0 Å². The van der Waals surface area contributed by atoms with Crippen molar-refractivity contribution in [1.82, 2.24) is 5.01 Å².